The van der Waals surface area contributed by atoms with Gasteiger partial charge >= 0.3 is 0 Å². The van der Waals surface area contributed by atoms with E-state index >= 15 is 0 Å². The van der Waals surface area contributed by atoms with E-state index in [9.17, 15) is 9.59 Å². The van der Waals surface area contributed by atoms with Crippen molar-refractivity contribution in [3.05, 3.63) is 40.7 Å². The van der Waals surface area contributed by atoms with E-state index in [1.54, 1.807) is 12.1 Å². The fourth-order valence-electron chi connectivity index (χ4n) is 2.23. The summed E-state index contributed by atoms with van der Waals surface area (Å²) in [7, 11) is 0. The number of ketones is 2. The number of hydrogen-bond acceptors (Lipinski definition) is 5. The maximum atomic E-state index is 12.2. The molecule has 1 aromatic carbocycles. The smallest absolute Gasteiger partial charge is 0.231 e. The minimum absolute atomic E-state index is 0.105. The van der Waals surface area contributed by atoms with Crippen molar-refractivity contribution in [2.75, 3.05) is 6.79 Å². The zero-order valence-corrected chi connectivity index (χ0v) is 9.02. The Morgan fingerprint density at radius 1 is 1.00 bits per heavy atom. The second kappa shape index (κ2) is 2.98. The molecular weight excluding hydrogens is 236 g/mol. The molecule has 2 aliphatic rings. The van der Waals surface area contributed by atoms with Gasteiger partial charge in [0.2, 0.25) is 12.6 Å². The van der Waals surface area contributed by atoms with Crippen LogP contribution in [0.25, 0.3) is 0 Å². The van der Waals surface area contributed by atoms with Crippen LogP contribution in [0.1, 0.15) is 32.0 Å². The van der Waals surface area contributed by atoms with Gasteiger partial charge in [-0.05, 0) is 12.1 Å². The van der Waals surface area contributed by atoms with Crippen LogP contribution in [0.4, 0.5) is 0 Å². The molecule has 88 valence electrons. The van der Waals surface area contributed by atoms with Crippen LogP contribution in [-0.2, 0) is 0 Å². The molecule has 6 nitrogen and oxygen atoms in total. The van der Waals surface area contributed by atoms with Gasteiger partial charge in [-0.1, -0.05) is 0 Å². The van der Waals surface area contributed by atoms with Gasteiger partial charge in [0.1, 0.15) is 5.69 Å². The summed E-state index contributed by atoms with van der Waals surface area (Å²) >= 11 is 0. The molecule has 0 saturated carbocycles. The molecule has 1 aromatic heterocycles. The number of ether oxygens (including phenoxy) is 2. The number of hydrogen-bond donors (Lipinski definition) is 1. The van der Waals surface area contributed by atoms with Gasteiger partial charge in [-0.15, -0.1) is 0 Å². The molecule has 6 heteroatoms. The topological polar surface area (TPSA) is 81.3 Å². The fourth-order valence-corrected chi connectivity index (χ4v) is 2.23. The Morgan fingerprint density at radius 2 is 1.67 bits per heavy atom. The van der Waals surface area contributed by atoms with E-state index < -0.39 is 0 Å². The Balaban J connectivity index is 2.02. The van der Waals surface area contributed by atoms with Crippen LogP contribution in [0.2, 0.25) is 0 Å². The van der Waals surface area contributed by atoms with Crippen molar-refractivity contribution in [1.29, 1.82) is 0 Å². The molecule has 2 aromatic rings. The van der Waals surface area contributed by atoms with E-state index in [1.807, 2.05) is 0 Å². The molecule has 0 saturated heterocycles. The molecule has 18 heavy (non-hydrogen) atoms. The van der Waals surface area contributed by atoms with Gasteiger partial charge in [0, 0.05) is 11.1 Å². The Kier molecular flexibility index (Phi) is 1.56. The molecule has 2 heterocycles. The number of fused-ring (bicyclic) bond motifs is 3. The van der Waals surface area contributed by atoms with Crippen LogP contribution >= 0.6 is 0 Å². The summed E-state index contributed by atoms with van der Waals surface area (Å²) < 4.78 is 10.4. The first-order chi connectivity index (χ1) is 8.75. The minimum Gasteiger partial charge on any atom is -0.454 e. The van der Waals surface area contributed by atoms with E-state index in [2.05, 4.69) is 10.2 Å². The van der Waals surface area contributed by atoms with Crippen LogP contribution in [0.5, 0.6) is 11.5 Å². The number of aromatic nitrogens is 2. The van der Waals surface area contributed by atoms with Gasteiger partial charge in [0.15, 0.2) is 17.3 Å². The van der Waals surface area contributed by atoms with E-state index in [1.165, 1.54) is 6.20 Å². The predicted molar refractivity (Wildman–Crippen MR) is 58.0 cm³/mol. The van der Waals surface area contributed by atoms with Crippen molar-refractivity contribution in [2.45, 2.75) is 0 Å². The summed E-state index contributed by atoms with van der Waals surface area (Å²) in [6.45, 7) is 0.105. The van der Waals surface area contributed by atoms with Gasteiger partial charge in [0.05, 0.1) is 11.8 Å². The lowest BCUT2D eigenvalue weighted by Crippen LogP contribution is -2.20. The molecule has 1 aliphatic carbocycles. The lowest BCUT2D eigenvalue weighted by atomic mass is 9.88. The highest BCUT2D eigenvalue weighted by atomic mass is 16.7. The molecule has 0 spiro atoms. The van der Waals surface area contributed by atoms with Crippen LogP contribution in [-0.4, -0.2) is 28.6 Å². The minimum atomic E-state index is -0.254. The summed E-state index contributed by atoms with van der Waals surface area (Å²) in [6.07, 6.45) is 1.36. The first-order valence-corrected chi connectivity index (χ1v) is 5.32. The number of nitrogens with one attached hydrogen (secondary N) is 1. The van der Waals surface area contributed by atoms with Crippen molar-refractivity contribution >= 4 is 11.6 Å². The Hall–Kier alpha value is -2.63. The number of carbonyl (C=O) groups excluding carboxylic acids is 2. The van der Waals surface area contributed by atoms with Crippen LogP contribution < -0.4 is 9.47 Å². The number of nitrogens with zero attached hydrogens (tertiary/aromatic N) is 1. The monoisotopic (exact) mass is 242 g/mol. The first-order valence-electron chi connectivity index (χ1n) is 5.32. The van der Waals surface area contributed by atoms with Gasteiger partial charge in [-0.3, -0.25) is 14.7 Å². The van der Waals surface area contributed by atoms with E-state index in [0.717, 1.165) is 0 Å². The average Bonchev–Trinajstić information content (AvgIpc) is 3.02. The van der Waals surface area contributed by atoms with Crippen molar-refractivity contribution in [3.63, 3.8) is 0 Å². The highest BCUT2D eigenvalue weighted by Gasteiger charge is 2.33. The van der Waals surface area contributed by atoms with Crippen LogP contribution in [0.3, 0.4) is 0 Å². The molecule has 0 radical (unpaired) electrons. The number of rotatable bonds is 0. The van der Waals surface area contributed by atoms with Crippen molar-refractivity contribution in [2.24, 2.45) is 0 Å². The number of carbonyl (C=O) groups is 2. The maximum absolute atomic E-state index is 12.2. The van der Waals surface area contributed by atoms with Gasteiger partial charge in [-0.2, -0.15) is 5.10 Å². The van der Waals surface area contributed by atoms with Crippen LogP contribution in [0, 0.1) is 0 Å². The number of H-pyrrole nitrogens is 1. The number of benzene rings is 1. The summed E-state index contributed by atoms with van der Waals surface area (Å²) in [5.41, 5.74) is 1.18. The SMILES string of the molecule is O=C1c2cc3c(cc2C(=O)c2[nH]ncc21)OCO3. The normalized spacial score (nSPS) is 15.6. The molecule has 0 bridgehead atoms. The summed E-state index contributed by atoms with van der Waals surface area (Å²) in [4.78, 5) is 24.4. The predicted octanol–water partition coefficient (Wildman–Crippen LogP) is 0.914. The summed E-state index contributed by atoms with van der Waals surface area (Å²) in [5, 5.41) is 6.29. The summed E-state index contributed by atoms with van der Waals surface area (Å²) in [6, 6.07) is 3.09. The lowest BCUT2D eigenvalue weighted by Gasteiger charge is -2.13. The van der Waals surface area contributed by atoms with Crippen molar-refractivity contribution < 1.29 is 19.1 Å². The molecular formula is C12H6N2O4. The molecule has 1 N–H and O–H groups in total. The molecule has 1 aliphatic heterocycles. The van der Waals surface area contributed by atoms with Crippen molar-refractivity contribution in [1.82, 2.24) is 10.2 Å². The zero-order valence-electron chi connectivity index (χ0n) is 9.02. The third-order valence-corrected chi connectivity index (χ3v) is 3.11. The molecule has 0 amide bonds. The van der Waals surface area contributed by atoms with E-state index in [-0.39, 0.29) is 24.1 Å². The van der Waals surface area contributed by atoms with E-state index in [0.29, 0.717) is 28.2 Å². The molecule has 0 fully saturated rings. The largest absolute Gasteiger partial charge is 0.454 e. The maximum Gasteiger partial charge on any atom is 0.231 e. The second-order valence-corrected chi connectivity index (χ2v) is 4.07. The van der Waals surface area contributed by atoms with Crippen LogP contribution in [0.15, 0.2) is 18.3 Å². The Labute approximate surface area is 101 Å². The van der Waals surface area contributed by atoms with Gasteiger partial charge in [0.25, 0.3) is 0 Å². The third kappa shape index (κ3) is 0.994. The van der Waals surface area contributed by atoms with Gasteiger partial charge < -0.3 is 9.47 Å². The fraction of sp³-hybridized carbons (Fsp3) is 0.0833. The third-order valence-electron chi connectivity index (χ3n) is 3.11. The van der Waals surface area contributed by atoms with E-state index in [4.69, 9.17) is 9.47 Å². The Morgan fingerprint density at radius 3 is 2.39 bits per heavy atom. The summed E-state index contributed by atoms with van der Waals surface area (Å²) in [5.74, 6) is 0.488. The lowest BCUT2D eigenvalue weighted by molar-refractivity contribution is 0.0976. The molecule has 0 atom stereocenters. The van der Waals surface area contributed by atoms with Crippen molar-refractivity contribution in [3.8, 4) is 11.5 Å². The second-order valence-electron chi connectivity index (χ2n) is 4.07. The van der Waals surface area contributed by atoms with Gasteiger partial charge in [-0.25, -0.2) is 0 Å². The highest BCUT2D eigenvalue weighted by Crippen LogP contribution is 2.38. The quantitative estimate of drug-likeness (QED) is 0.633. The Bertz CT molecular complexity index is 659. The zero-order chi connectivity index (χ0) is 12.3. The molecule has 0 unspecified atom stereocenters. The average molecular weight is 242 g/mol. The standard InChI is InChI=1S/C12H6N2O4/c15-11-5-1-8-9(18-4-17-8)2-6(5)12(16)10-7(11)3-13-14-10/h1-3H,4H2,(H,13,14). The first kappa shape index (κ1) is 9.41. The molecule has 4 rings (SSSR count). The highest BCUT2D eigenvalue weighted by molar-refractivity contribution is 6.27. The number of aromatic amines is 1.